The van der Waals surface area contributed by atoms with Crippen LogP contribution in [0.2, 0.25) is 0 Å². The molecule has 7 heteroatoms. The molecule has 2 saturated heterocycles. The van der Waals surface area contributed by atoms with Gasteiger partial charge in [-0.05, 0) is 43.4 Å². The van der Waals surface area contributed by atoms with E-state index in [0.717, 1.165) is 63.1 Å². The third kappa shape index (κ3) is 3.88. The third-order valence-corrected chi connectivity index (χ3v) is 5.64. The lowest BCUT2D eigenvalue weighted by Crippen LogP contribution is -2.48. The van der Waals surface area contributed by atoms with Crippen LogP contribution in [0.15, 0.2) is 23.2 Å². The van der Waals surface area contributed by atoms with Crippen molar-refractivity contribution in [1.29, 1.82) is 0 Å². The third-order valence-electron chi connectivity index (χ3n) is 5.64. The highest BCUT2D eigenvalue weighted by atomic mass is 127. The molecule has 2 fully saturated rings. The Morgan fingerprint density at radius 1 is 1.15 bits per heavy atom. The zero-order valence-electron chi connectivity index (χ0n) is 15.3. The topological polar surface area (TPSA) is 55.3 Å². The fourth-order valence-corrected chi connectivity index (χ4v) is 4.07. The molecule has 0 spiro atoms. The number of hydrogen-bond acceptors (Lipinski definition) is 4. The van der Waals surface area contributed by atoms with Crippen LogP contribution in [0, 0.1) is 0 Å². The molecular formula is C19H28IN3O3. The van der Waals surface area contributed by atoms with E-state index in [2.05, 4.69) is 27.3 Å². The van der Waals surface area contributed by atoms with Gasteiger partial charge in [0.15, 0.2) is 17.5 Å². The van der Waals surface area contributed by atoms with Gasteiger partial charge in [0.05, 0.1) is 0 Å². The van der Waals surface area contributed by atoms with E-state index in [1.807, 2.05) is 13.1 Å². The van der Waals surface area contributed by atoms with Crippen LogP contribution in [-0.2, 0) is 10.2 Å². The number of hydrogen-bond donors (Lipinski definition) is 1. The molecule has 0 radical (unpaired) electrons. The summed E-state index contributed by atoms with van der Waals surface area (Å²) in [6, 6.07) is 6.36. The van der Waals surface area contributed by atoms with E-state index in [1.165, 1.54) is 18.4 Å². The zero-order chi connectivity index (χ0) is 17.1. The van der Waals surface area contributed by atoms with E-state index < -0.39 is 0 Å². The molecule has 26 heavy (non-hydrogen) atoms. The Morgan fingerprint density at radius 3 is 2.62 bits per heavy atom. The highest BCUT2D eigenvalue weighted by Crippen LogP contribution is 2.40. The van der Waals surface area contributed by atoms with Crippen molar-refractivity contribution >= 4 is 29.9 Å². The summed E-state index contributed by atoms with van der Waals surface area (Å²) in [6.45, 7) is 4.95. The van der Waals surface area contributed by atoms with Crippen molar-refractivity contribution in [3.05, 3.63) is 23.8 Å². The summed E-state index contributed by atoms with van der Waals surface area (Å²) in [4.78, 5) is 6.85. The molecule has 0 saturated carbocycles. The molecule has 3 heterocycles. The first kappa shape index (κ1) is 19.5. The summed E-state index contributed by atoms with van der Waals surface area (Å²) < 4.78 is 16.7. The smallest absolute Gasteiger partial charge is 0.231 e. The quantitative estimate of drug-likeness (QED) is 0.416. The van der Waals surface area contributed by atoms with Crippen molar-refractivity contribution in [2.45, 2.75) is 31.1 Å². The maximum atomic E-state index is 5.65. The molecule has 1 aromatic rings. The van der Waals surface area contributed by atoms with E-state index in [0.29, 0.717) is 6.79 Å². The molecule has 1 aromatic carbocycles. The highest BCUT2D eigenvalue weighted by molar-refractivity contribution is 14.0. The molecule has 0 unspecified atom stereocenters. The minimum absolute atomic E-state index is 0. The minimum Gasteiger partial charge on any atom is -0.454 e. The van der Waals surface area contributed by atoms with E-state index in [9.17, 15) is 0 Å². The first-order chi connectivity index (χ1) is 12.3. The summed E-state index contributed by atoms with van der Waals surface area (Å²) in [5, 5.41) is 3.64. The Bertz CT molecular complexity index is 641. The van der Waals surface area contributed by atoms with Gasteiger partial charge < -0.3 is 24.4 Å². The molecule has 0 aromatic heterocycles. The highest BCUT2D eigenvalue weighted by Gasteiger charge is 2.36. The standard InChI is InChI=1S/C19H27N3O3.HI/c1-20-18(22-8-2-3-9-22)21-13-19(6-10-23-11-7-19)15-4-5-16-17(12-15)25-14-24-16;/h4-5,12H,2-3,6-11,13-14H2,1H3,(H,20,21);1H. The largest absolute Gasteiger partial charge is 0.454 e. The average molecular weight is 473 g/mol. The maximum Gasteiger partial charge on any atom is 0.231 e. The van der Waals surface area contributed by atoms with Gasteiger partial charge in [-0.3, -0.25) is 4.99 Å². The number of halogens is 1. The van der Waals surface area contributed by atoms with Gasteiger partial charge in [-0.25, -0.2) is 0 Å². The molecule has 0 aliphatic carbocycles. The molecule has 0 atom stereocenters. The molecule has 1 N–H and O–H groups in total. The summed E-state index contributed by atoms with van der Waals surface area (Å²) in [7, 11) is 1.87. The van der Waals surface area contributed by atoms with Gasteiger partial charge in [0.1, 0.15) is 0 Å². The van der Waals surface area contributed by atoms with Crippen LogP contribution in [0.5, 0.6) is 11.5 Å². The van der Waals surface area contributed by atoms with Gasteiger partial charge in [-0.15, -0.1) is 24.0 Å². The second kappa shape index (κ2) is 8.65. The predicted octanol–water partition coefficient (Wildman–Crippen LogP) is 2.75. The van der Waals surface area contributed by atoms with Gasteiger partial charge in [0.2, 0.25) is 6.79 Å². The lowest BCUT2D eigenvalue weighted by atomic mass is 9.74. The number of likely N-dealkylation sites (tertiary alicyclic amines) is 1. The Kier molecular flexibility index (Phi) is 6.50. The number of nitrogens with one attached hydrogen (secondary N) is 1. The number of nitrogens with zero attached hydrogens (tertiary/aromatic N) is 2. The molecule has 4 rings (SSSR count). The summed E-state index contributed by atoms with van der Waals surface area (Å²) in [6.07, 6.45) is 4.50. The van der Waals surface area contributed by atoms with E-state index in [4.69, 9.17) is 14.2 Å². The van der Waals surface area contributed by atoms with E-state index >= 15 is 0 Å². The van der Waals surface area contributed by atoms with Gasteiger partial charge in [-0.1, -0.05) is 6.07 Å². The number of fused-ring (bicyclic) bond motifs is 1. The van der Waals surface area contributed by atoms with Crippen molar-refractivity contribution < 1.29 is 14.2 Å². The Balaban J connectivity index is 0.00000196. The molecule has 6 nitrogen and oxygen atoms in total. The van der Waals surface area contributed by atoms with Crippen LogP contribution < -0.4 is 14.8 Å². The van der Waals surface area contributed by atoms with Crippen molar-refractivity contribution in [1.82, 2.24) is 10.2 Å². The van der Waals surface area contributed by atoms with Crippen LogP contribution in [0.3, 0.4) is 0 Å². The maximum absolute atomic E-state index is 5.65. The Labute approximate surface area is 172 Å². The molecule has 0 bridgehead atoms. The van der Waals surface area contributed by atoms with Crippen LogP contribution in [0.1, 0.15) is 31.2 Å². The fraction of sp³-hybridized carbons (Fsp3) is 0.632. The van der Waals surface area contributed by atoms with Crippen LogP contribution in [-0.4, -0.2) is 57.5 Å². The summed E-state index contributed by atoms with van der Waals surface area (Å²) >= 11 is 0. The second-order valence-electron chi connectivity index (χ2n) is 7.06. The van der Waals surface area contributed by atoms with Crippen LogP contribution in [0.25, 0.3) is 0 Å². The number of rotatable bonds is 3. The molecular weight excluding hydrogens is 445 g/mol. The predicted molar refractivity (Wildman–Crippen MR) is 112 cm³/mol. The van der Waals surface area contributed by atoms with Crippen molar-refractivity contribution in [3.8, 4) is 11.5 Å². The van der Waals surface area contributed by atoms with Gasteiger partial charge in [-0.2, -0.15) is 0 Å². The molecule has 3 aliphatic heterocycles. The van der Waals surface area contributed by atoms with E-state index in [1.54, 1.807) is 0 Å². The van der Waals surface area contributed by atoms with Gasteiger partial charge >= 0.3 is 0 Å². The van der Waals surface area contributed by atoms with Crippen molar-refractivity contribution in [2.75, 3.05) is 46.7 Å². The van der Waals surface area contributed by atoms with Crippen molar-refractivity contribution in [2.24, 2.45) is 4.99 Å². The number of benzene rings is 1. The van der Waals surface area contributed by atoms with Gasteiger partial charge in [0.25, 0.3) is 0 Å². The lowest BCUT2D eigenvalue weighted by molar-refractivity contribution is 0.0511. The normalized spacial score (nSPS) is 21.4. The van der Waals surface area contributed by atoms with Crippen LogP contribution in [0.4, 0.5) is 0 Å². The monoisotopic (exact) mass is 473 g/mol. The first-order valence-electron chi connectivity index (χ1n) is 9.24. The minimum atomic E-state index is 0. The summed E-state index contributed by atoms with van der Waals surface area (Å²) in [5.74, 6) is 2.71. The Hall–Kier alpha value is -1.22. The number of ether oxygens (including phenoxy) is 3. The second-order valence-corrected chi connectivity index (χ2v) is 7.06. The molecule has 0 amide bonds. The average Bonchev–Trinajstić information content (AvgIpc) is 3.34. The van der Waals surface area contributed by atoms with Crippen LogP contribution >= 0.6 is 24.0 Å². The number of guanidine groups is 1. The van der Waals surface area contributed by atoms with Gasteiger partial charge in [0, 0.05) is 45.3 Å². The Morgan fingerprint density at radius 2 is 1.88 bits per heavy atom. The number of aliphatic imine (C=N–C) groups is 1. The zero-order valence-corrected chi connectivity index (χ0v) is 17.7. The van der Waals surface area contributed by atoms with E-state index in [-0.39, 0.29) is 29.4 Å². The molecule has 3 aliphatic rings. The lowest BCUT2D eigenvalue weighted by Gasteiger charge is -2.39. The van der Waals surface area contributed by atoms with Crippen molar-refractivity contribution in [3.63, 3.8) is 0 Å². The first-order valence-corrected chi connectivity index (χ1v) is 9.24. The SMILES string of the molecule is CN=C(NCC1(c2ccc3c(c2)OCO3)CCOCC1)N1CCCC1.I. The molecule has 144 valence electrons. The summed E-state index contributed by atoms with van der Waals surface area (Å²) in [5.41, 5.74) is 1.33. The fourth-order valence-electron chi connectivity index (χ4n) is 4.07.